The van der Waals surface area contributed by atoms with Gasteiger partial charge in [0.05, 0.1) is 11.1 Å². The molecule has 2 atom stereocenters. The second-order valence-electron chi connectivity index (χ2n) is 7.45. The van der Waals surface area contributed by atoms with Gasteiger partial charge in [0.2, 0.25) is 5.91 Å². The van der Waals surface area contributed by atoms with E-state index >= 15 is 0 Å². The number of halogens is 4. The van der Waals surface area contributed by atoms with Crippen molar-refractivity contribution in [1.82, 2.24) is 14.5 Å². The van der Waals surface area contributed by atoms with Crippen LogP contribution in [0.15, 0.2) is 46.0 Å². The van der Waals surface area contributed by atoms with Crippen LogP contribution in [0.1, 0.15) is 19.5 Å². The lowest BCUT2D eigenvalue weighted by molar-refractivity contribution is -0.152. The predicted molar refractivity (Wildman–Crippen MR) is 111 cm³/mol. The van der Waals surface area contributed by atoms with Crippen LogP contribution in [0.2, 0.25) is 0 Å². The lowest BCUT2D eigenvalue weighted by Gasteiger charge is -2.36. The summed E-state index contributed by atoms with van der Waals surface area (Å²) in [5.74, 6) is -3.13. The highest BCUT2D eigenvalue weighted by Crippen LogP contribution is 2.42. The maximum Gasteiger partial charge on any atom is 0.431 e. The molecule has 0 saturated heterocycles. The summed E-state index contributed by atoms with van der Waals surface area (Å²) < 4.78 is 40.1. The Kier molecular flexibility index (Phi) is 6.93. The van der Waals surface area contributed by atoms with Gasteiger partial charge in [-0.25, -0.2) is 9.36 Å². The lowest BCUT2D eigenvalue weighted by atomic mass is 9.73. The number of hydrogen-bond acceptors (Lipinski definition) is 4. The Morgan fingerprint density at radius 2 is 1.97 bits per heavy atom. The third kappa shape index (κ3) is 4.16. The molecule has 2 N–H and O–H groups in total. The van der Waals surface area contributed by atoms with Crippen LogP contribution in [-0.2, 0) is 22.8 Å². The SMILES string of the molecule is C=CCNC(=O)C1(C(=O)O)C=C(n2c(=O)cc(C(F)(F)F)n(C)c2=O)C=C(C(C)C)C1Cl. The first-order chi connectivity index (χ1) is 14.7. The number of allylic oxidation sites excluding steroid dienone is 3. The van der Waals surface area contributed by atoms with Gasteiger partial charge in [0.1, 0.15) is 5.69 Å². The number of alkyl halides is 4. The molecule has 1 amide bonds. The average molecular weight is 476 g/mol. The minimum atomic E-state index is -4.97. The summed E-state index contributed by atoms with van der Waals surface area (Å²) >= 11 is 6.42. The number of carboxylic acids is 1. The summed E-state index contributed by atoms with van der Waals surface area (Å²) in [6.45, 7) is 6.62. The molecule has 0 aromatic carbocycles. The number of rotatable bonds is 6. The summed E-state index contributed by atoms with van der Waals surface area (Å²) in [6.07, 6.45) is -1.62. The number of amides is 1. The van der Waals surface area contributed by atoms with Gasteiger partial charge >= 0.3 is 17.8 Å². The lowest BCUT2D eigenvalue weighted by Crippen LogP contribution is -2.54. The molecule has 2 unspecified atom stereocenters. The zero-order valence-corrected chi connectivity index (χ0v) is 18.1. The summed E-state index contributed by atoms with van der Waals surface area (Å²) in [5.41, 5.74) is -6.80. The Morgan fingerprint density at radius 1 is 1.38 bits per heavy atom. The van der Waals surface area contributed by atoms with E-state index in [0.29, 0.717) is 4.57 Å². The van der Waals surface area contributed by atoms with E-state index in [1.54, 1.807) is 13.8 Å². The Hall–Kier alpha value is -3.08. The highest BCUT2D eigenvalue weighted by atomic mass is 35.5. The van der Waals surface area contributed by atoms with Crippen molar-refractivity contribution in [3.8, 4) is 0 Å². The van der Waals surface area contributed by atoms with Gasteiger partial charge in [0.15, 0.2) is 5.41 Å². The zero-order valence-electron chi connectivity index (χ0n) is 17.4. The maximum atomic E-state index is 13.2. The highest BCUT2D eigenvalue weighted by Gasteiger charge is 2.54. The highest BCUT2D eigenvalue weighted by molar-refractivity contribution is 6.29. The fraction of sp³-hybridized carbons (Fsp3) is 0.400. The van der Waals surface area contributed by atoms with Crippen molar-refractivity contribution in [3.05, 3.63) is 63.0 Å². The molecule has 1 aromatic rings. The molecule has 12 heteroatoms. The van der Waals surface area contributed by atoms with Crippen molar-refractivity contribution >= 4 is 29.2 Å². The average Bonchev–Trinajstić information content (AvgIpc) is 2.68. The van der Waals surface area contributed by atoms with E-state index in [-0.39, 0.29) is 28.4 Å². The molecule has 2 rings (SSSR count). The number of aromatic nitrogens is 2. The fourth-order valence-corrected chi connectivity index (χ4v) is 3.91. The largest absolute Gasteiger partial charge is 0.480 e. The molecular weight excluding hydrogens is 455 g/mol. The van der Waals surface area contributed by atoms with Crippen molar-refractivity contribution in [2.45, 2.75) is 25.4 Å². The summed E-state index contributed by atoms with van der Waals surface area (Å²) in [6, 6.07) is 0.220. The van der Waals surface area contributed by atoms with E-state index in [1.165, 1.54) is 12.2 Å². The molecule has 0 radical (unpaired) electrons. The third-order valence-corrected chi connectivity index (χ3v) is 5.65. The molecule has 32 heavy (non-hydrogen) atoms. The standard InChI is InChI=1S/C20H21ClF3N3O5/c1-5-6-25-16(29)19(17(30)31)9-11(7-12(10(2)3)15(19)21)27-14(28)8-13(20(22,23)24)26(4)18(27)32/h5,7-10,15H,1,6H2,2-4H3,(H,25,29)(H,30,31). The number of carbonyl (C=O) groups excluding carboxylic acids is 1. The van der Waals surface area contributed by atoms with Crippen molar-refractivity contribution in [2.75, 3.05) is 6.54 Å². The van der Waals surface area contributed by atoms with Crippen molar-refractivity contribution in [3.63, 3.8) is 0 Å². The van der Waals surface area contributed by atoms with Gasteiger partial charge < -0.3 is 10.4 Å². The minimum absolute atomic E-state index is 0.0939. The molecule has 1 heterocycles. The second-order valence-corrected chi connectivity index (χ2v) is 7.88. The first-order valence-corrected chi connectivity index (χ1v) is 9.75. The van der Waals surface area contributed by atoms with Crippen LogP contribution in [0.3, 0.4) is 0 Å². The topological polar surface area (TPSA) is 110 Å². The van der Waals surface area contributed by atoms with Crippen LogP contribution in [0.4, 0.5) is 13.2 Å². The minimum Gasteiger partial charge on any atom is -0.480 e. The van der Waals surface area contributed by atoms with Gasteiger partial charge in [-0.2, -0.15) is 13.2 Å². The molecule has 1 aliphatic rings. The Labute approximate surface area is 185 Å². The zero-order chi connectivity index (χ0) is 24.6. The molecule has 0 saturated carbocycles. The van der Waals surface area contributed by atoms with Crippen LogP contribution in [0.5, 0.6) is 0 Å². The van der Waals surface area contributed by atoms with E-state index in [9.17, 15) is 37.5 Å². The van der Waals surface area contributed by atoms with Gasteiger partial charge in [-0.05, 0) is 23.6 Å². The first-order valence-electron chi connectivity index (χ1n) is 9.31. The molecule has 8 nitrogen and oxygen atoms in total. The monoisotopic (exact) mass is 475 g/mol. The van der Waals surface area contributed by atoms with E-state index in [0.717, 1.165) is 13.1 Å². The quantitative estimate of drug-likeness (QED) is 0.371. The number of nitrogens with one attached hydrogen (secondary N) is 1. The number of nitrogens with zero attached hydrogens (tertiary/aromatic N) is 2. The fourth-order valence-electron chi connectivity index (χ4n) is 3.34. The maximum absolute atomic E-state index is 13.2. The van der Waals surface area contributed by atoms with Crippen molar-refractivity contribution in [2.24, 2.45) is 18.4 Å². The molecule has 0 fully saturated rings. The molecule has 0 spiro atoms. The summed E-state index contributed by atoms with van der Waals surface area (Å²) in [4.78, 5) is 50.4. The molecule has 1 aliphatic carbocycles. The van der Waals surface area contributed by atoms with E-state index in [4.69, 9.17) is 11.6 Å². The van der Waals surface area contributed by atoms with Crippen LogP contribution < -0.4 is 16.6 Å². The molecule has 0 aliphatic heterocycles. The van der Waals surface area contributed by atoms with Gasteiger partial charge in [-0.15, -0.1) is 18.2 Å². The van der Waals surface area contributed by atoms with Gasteiger partial charge in [-0.3, -0.25) is 19.0 Å². The van der Waals surface area contributed by atoms with Crippen LogP contribution in [0.25, 0.3) is 5.70 Å². The Morgan fingerprint density at radius 3 is 2.44 bits per heavy atom. The number of carbonyl (C=O) groups is 2. The molecule has 174 valence electrons. The molecule has 1 aromatic heterocycles. The number of carboxylic acid groups (broad SMARTS) is 1. The van der Waals surface area contributed by atoms with Crippen molar-refractivity contribution in [1.29, 1.82) is 0 Å². The normalized spacial score (nSPS) is 21.1. The van der Waals surface area contributed by atoms with E-state index in [2.05, 4.69) is 11.9 Å². The molecule has 0 bridgehead atoms. The van der Waals surface area contributed by atoms with E-state index < -0.39 is 51.7 Å². The van der Waals surface area contributed by atoms with Gasteiger partial charge in [0, 0.05) is 19.7 Å². The summed E-state index contributed by atoms with van der Waals surface area (Å²) in [7, 11) is 0.823. The smallest absolute Gasteiger partial charge is 0.431 e. The Bertz CT molecular complexity index is 1150. The van der Waals surface area contributed by atoms with Crippen LogP contribution in [0, 0.1) is 11.3 Å². The van der Waals surface area contributed by atoms with Crippen LogP contribution in [-0.4, -0.2) is 38.0 Å². The van der Waals surface area contributed by atoms with Gasteiger partial charge in [0.25, 0.3) is 5.56 Å². The molecular formula is C20H21ClF3N3O5. The van der Waals surface area contributed by atoms with Crippen LogP contribution >= 0.6 is 11.6 Å². The predicted octanol–water partition coefficient (Wildman–Crippen LogP) is 1.98. The number of aliphatic carboxylic acids is 1. The number of hydrogen-bond donors (Lipinski definition) is 2. The van der Waals surface area contributed by atoms with E-state index in [1.807, 2.05) is 0 Å². The van der Waals surface area contributed by atoms with Gasteiger partial charge in [-0.1, -0.05) is 19.9 Å². The summed E-state index contributed by atoms with van der Waals surface area (Å²) in [5, 5.41) is 10.9. The van der Waals surface area contributed by atoms with Crippen molar-refractivity contribution < 1.29 is 27.9 Å². The Balaban J connectivity index is 2.91. The first kappa shape index (κ1) is 25.2. The second kappa shape index (κ2) is 8.81. The third-order valence-electron chi connectivity index (χ3n) is 5.05.